The second kappa shape index (κ2) is 7.44. The van der Waals surface area contributed by atoms with E-state index < -0.39 is 17.3 Å². The second-order valence-electron chi connectivity index (χ2n) is 6.08. The van der Waals surface area contributed by atoms with E-state index in [0.29, 0.717) is 24.8 Å². The highest BCUT2D eigenvalue weighted by Crippen LogP contribution is 2.32. The Kier molecular flexibility index (Phi) is 5.58. The van der Waals surface area contributed by atoms with Gasteiger partial charge in [-0.15, -0.1) is 0 Å². The van der Waals surface area contributed by atoms with Crippen LogP contribution in [0.5, 0.6) is 5.75 Å². The summed E-state index contributed by atoms with van der Waals surface area (Å²) in [5, 5.41) is 11.9. The monoisotopic (exact) mass is 323 g/mol. The van der Waals surface area contributed by atoms with Gasteiger partial charge in [0, 0.05) is 6.42 Å². The number of carbonyl (C=O) groups is 2. The molecule has 0 aromatic heterocycles. The number of rotatable bonds is 7. The molecular formula is C17H22FNO4. The third-order valence-corrected chi connectivity index (χ3v) is 4.31. The van der Waals surface area contributed by atoms with Crippen molar-refractivity contribution in [1.29, 1.82) is 0 Å². The topological polar surface area (TPSA) is 75.6 Å². The number of hydrogen-bond acceptors (Lipinski definition) is 3. The number of amides is 1. The molecule has 0 spiro atoms. The van der Waals surface area contributed by atoms with Gasteiger partial charge in [0.15, 0.2) is 11.6 Å². The van der Waals surface area contributed by atoms with Crippen molar-refractivity contribution in [1.82, 2.24) is 5.32 Å². The van der Waals surface area contributed by atoms with Crippen molar-refractivity contribution in [2.75, 3.05) is 7.11 Å². The maximum atomic E-state index is 13.6. The number of carboxylic acids is 1. The summed E-state index contributed by atoms with van der Waals surface area (Å²) in [6.45, 7) is 0. The lowest BCUT2D eigenvalue weighted by molar-refractivity contribution is -0.139. The second-order valence-corrected chi connectivity index (χ2v) is 6.08. The molecule has 6 heteroatoms. The van der Waals surface area contributed by atoms with E-state index in [-0.39, 0.29) is 24.5 Å². The predicted molar refractivity (Wildman–Crippen MR) is 82.9 cm³/mol. The summed E-state index contributed by atoms with van der Waals surface area (Å²) in [6.07, 6.45) is 3.80. The number of carboxylic acid groups (broad SMARTS) is 1. The fourth-order valence-electron chi connectivity index (χ4n) is 3.17. The van der Waals surface area contributed by atoms with Gasteiger partial charge in [-0.25, -0.2) is 4.39 Å². The summed E-state index contributed by atoms with van der Waals surface area (Å²) >= 11 is 0. The first kappa shape index (κ1) is 17.2. The van der Waals surface area contributed by atoms with Crippen LogP contribution < -0.4 is 10.1 Å². The molecule has 0 unspecified atom stereocenters. The molecule has 0 heterocycles. The van der Waals surface area contributed by atoms with Gasteiger partial charge in [0.1, 0.15) is 0 Å². The molecule has 0 saturated heterocycles. The fourth-order valence-corrected chi connectivity index (χ4v) is 3.17. The number of nitrogens with one attached hydrogen (secondary N) is 1. The minimum Gasteiger partial charge on any atom is -0.494 e. The molecule has 0 radical (unpaired) electrons. The molecule has 1 fully saturated rings. The molecule has 1 amide bonds. The Morgan fingerprint density at radius 2 is 2.04 bits per heavy atom. The van der Waals surface area contributed by atoms with E-state index >= 15 is 0 Å². The van der Waals surface area contributed by atoms with E-state index in [4.69, 9.17) is 9.84 Å². The van der Waals surface area contributed by atoms with Crippen LogP contribution in [0.15, 0.2) is 18.2 Å². The average molecular weight is 323 g/mol. The summed E-state index contributed by atoms with van der Waals surface area (Å²) in [5.41, 5.74) is 0.0887. The summed E-state index contributed by atoms with van der Waals surface area (Å²) in [6, 6.07) is 4.61. The average Bonchev–Trinajstić information content (AvgIpc) is 2.92. The lowest BCUT2D eigenvalue weighted by Gasteiger charge is -2.28. The molecule has 2 N–H and O–H groups in total. The summed E-state index contributed by atoms with van der Waals surface area (Å²) in [4.78, 5) is 23.2. The maximum absolute atomic E-state index is 13.6. The standard InChI is InChI=1S/C17H22FNO4/c1-23-14-6-4-12(10-13(14)18)5-7-15(20)19-17(11-16(21)22)8-2-3-9-17/h4,6,10H,2-3,5,7-9,11H2,1H3,(H,19,20)(H,21,22). The normalized spacial score (nSPS) is 16.1. The van der Waals surface area contributed by atoms with E-state index in [1.807, 2.05) is 0 Å². The lowest BCUT2D eigenvalue weighted by Crippen LogP contribution is -2.47. The van der Waals surface area contributed by atoms with Gasteiger partial charge in [0.05, 0.1) is 19.1 Å². The van der Waals surface area contributed by atoms with E-state index in [2.05, 4.69) is 5.32 Å². The maximum Gasteiger partial charge on any atom is 0.305 e. The first-order chi connectivity index (χ1) is 10.9. The van der Waals surface area contributed by atoms with E-state index in [1.165, 1.54) is 19.2 Å². The van der Waals surface area contributed by atoms with Gasteiger partial charge in [-0.05, 0) is 37.0 Å². The molecular weight excluding hydrogens is 301 g/mol. The Morgan fingerprint density at radius 3 is 2.61 bits per heavy atom. The third kappa shape index (κ3) is 4.68. The van der Waals surface area contributed by atoms with Gasteiger partial charge in [0.2, 0.25) is 5.91 Å². The zero-order valence-electron chi connectivity index (χ0n) is 13.2. The Morgan fingerprint density at radius 1 is 1.35 bits per heavy atom. The molecule has 1 aliphatic rings. The summed E-state index contributed by atoms with van der Waals surface area (Å²) in [7, 11) is 1.40. The van der Waals surface area contributed by atoms with Gasteiger partial charge in [-0.3, -0.25) is 9.59 Å². The van der Waals surface area contributed by atoms with Crippen LogP contribution in [0.1, 0.15) is 44.1 Å². The van der Waals surface area contributed by atoms with Crippen molar-refractivity contribution in [2.45, 2.75) is 50.5 Å². The zero-order chi connectivity index (χ0) is 16.9. The van der Waals surface area contributed by atoms with Crippen molar-refractivity contribution in [2.24, 2.45) is 0 Å². The first-order valence-electron chi connectivity index (χ1n) is 7.79. The number of ether oxygens (including phenoxy) is 1. The molecule has 0 bridgehead atoms. The SMILES string of the molecule is COc1ccc(CCC(=O)NC2(CC(=O)O)CCCC2)cc1F. The van der Waals surface area contributed by atoms with Crippen molar-refractivity contribution >= 4 is 11.9 Å². The highest BCUT2D eigenvalue weighted by atomic mass is 19.1. The summed E-state index contributed by atoms with van der Waals surface area (Å²) in [5.74, 6) is -1.37. The molecule has 1 aromatic carbocycles. The molecule has 1 aromatic rings. The Hall–Kier alpha value is -2.11. The molecule has 1 aliphatic carbocycles. The molecule has 23 heavy (non-hydrogen) atoms. The van der Waals surface area contributed by atoms with Crippen LogP contribution in [0.3, 0.4) is 0 Å². The fraction of sp³-hybridized carbons (Fsp3) is 0.529. The van der Waals surface area contributed by atoms with Gasteiger partial charge < -0.3 is 15.2 Å². The Balaban J connectivity index is 1.91. The van der Waals surface area contributed by atoms with Gasteiger partial charge in [0.25, 0.3) is 0 Å². The molecule has 5 nitrogen and oxygen atoms in total. The van der Waals surface area contributed by atoms with Crippen LogP contribution in [-0.2, 0) is 16.0 Å². The van der Waals surface area contributed by atoms with Crippen molar-refractivity contribution in [3.8, 4) is 5.75 Å². The highest BCUT2D eigenvalue weighted by molar-refractivity contribution is 5.78. The third-order valence-electron chi connectivity index (χ3n) is 4.31. The quantitative estimate of drug-likeness (QED) is 0.809. The molecule has 0 atom stereocenters. The first-order valence-corrected chi connectivity index (χ1v) is 7.79. The van der Waals surface area contributed by atoms with E-state index in [0.717, 1.165) is 12.8 Å². The number of carbonyl (C=O) groups excluding carboxylic acids is 1. The van der Waals surface area contributed by atoms with E-state index in [1.54, 1.807) is 6.07 Å². The number of aryl methyl sites for hydroxylation is 1. The number of hydrogen-bond donors (Lipinski definition) is 2. The predicted octanol–water partition coefficient (Wildman–Crippen LogP) is 2.67. The molecule has 0 aliphatic heterocycles. The molecule has 1 saturated carbocycles. The summed E-state index contributed by atoms with van der Waals surface area (Å²) < 4.78 is 18.5. The van der Waals surface area contributed by atoms with Crippen LogP contribution in [-0.4, -0.2) is 29.6 Å². The minimum atomic E-state index is -0.899. The number of aliphatic carboxylic acids is 1. The number of methoxy groups -OCH3 is 1. The van der Waals surface area contributed by atoms with Crippen LogP contribution in [0, 0.1) is 5.82 Å². The van der Waals surface area contributed by atoms with Gasteiger partial charge in [-0.2, -0.15) is 0 Å². The van der Waals surface area contributed by atoms with E-state index in [9.17, 15) is 14.0 Å². The highest BCUT2D eigenvalue weighted by Gasteiger charge is 2.37. The van der Waals surface area contributed by atoms with Crippen molar-refractivity contribution in [3.05, 3.63) is 29.6 Å². The number of halogens is 1. The Labute approximate surface area is 134 Å². The minimum absolute atomic E-state index is 0.0457. The molecule has 126 valence electrons. The van der Waals surface area contributed by atoms with Crippen LogP contribution in [0.2, 0.25) is 0 Å². The van der Waals surface area contributed by atoms with Crippen molar-refractivity contribution < 1.29 is 23.8 Å². The van der Waals surface area contributed by atoms with Crippen molar-refractivity contribution in [3.63, 3.8) is 0 Å². The van der Waals surface area contributed by atoms with Gasteiger partial charge >= 0.3 is 5.97 Å². The van der Waals surface area contributed by atoms with Crippen LogP contribution in [0.4, 0.5) is 4.39 Å². The zero-order valence-corrected chi connectivity index (χ0v) is 13.2. The number of benzene rings is 1. The van der Waals surface area contributed by atoms with Crippen LogP contribution >= 0.6 is 0 Å². The van der Waals surface area contributed by atoms with Gasteiger partial charge in [-0.1, -0.05) is 18.9 Å². The Bertz CT molecular complexity index is 582. The largest absolute Gasteiger partial charge is 0.494 e. The lowest BCUT2D eigenvalue weighted by atomic mass is 9.93. The van der Waals surface area contributed by atoms with Crippen LogP contribution in [0.25, 0.3) is 0 Å². The molecule has 2 rings (SSSR count). The smallest absolute Gasteiger partial charge is 0.305 e.